The highest BCUT2D eigenvalue weighted by atomic mass is 16.5. The van der Waals surface area contributed by atoms with Gasteiger partial charge in [-0.2, -0.15) is 0 Å². The molecule has 8 nitrogen and oxygen atoms in total. The largest absolute Gasteiger partial charge is 0.493 e. The minimum Gasteiger partial charge on any atom is -0.493 e. The quantitative estimate of drug-likeness (QED) is 0.681. The maximum Gasteiger partial charge on any atom is 0.272 e. The first-order chi connectivity index (χ1) is 15.0. The lowest BCUT2D eigenvalue weighted by Gasteiger charge is -2.19. The highest BCUT2D eigenvalue weighted by Crippen LogP contribution is 2.41. The van der Waals surface area contributed by atoms with Crippen molar-refractivity contribution in [1.82, 2.24) is 19.9 Å². The fourth-order valence-corrected chi connectivity index (χ4v) is 4.13. The molecule has 1 fully saturated rings. The van der Waals surface area contributed by atoms with Gasteiger partial charge in [0, 0.05) is 37.2 Å². The van der Waals surface area contributed by atoms with Gasteiger partial charge < -0.3 is 19.4 Å². The van der Waals surface area contributed by atoms with Gasteiger partial charge in [0.25, 0.3) is 11.5 Å². The first-order valence-corrected chi connectivity index (χ1v) is 10.00. The number of pyridine rings is 1. The minimum atomic E-state index is -0.205. The molecule has 0 saturated carbocycles. The number of aryl methyl sites for hydroxylation is 1. The van der Waals surface area contributed by atoms with E-state index in [4.69, 9.17) is 9.47 Å². The second-order valence-corrected chi connectivity index (χ2v) is 7.51. The second kappa shape index (κ2) is 8.59. The van der Waals surface area contributed by atoms with Gasteiger partial charge in [0.2, 0.25) is 0 Å². The van der Waals surface area contributed by atoms with Crippen molar-refractivity contribution in [2.24, 2.45) is 0 Å². The van der Waals surface area contributed by atoms with E-state index in [0.29, 0.717) is 41.8 Å². The molecule has 0 aliphatic carbocycles. The zero-order valence-corrected chi connectivity index (χ0v) is 17.7. The highest BCUT2D eigenvalue weighted by Gasteiger charge is 2.39. The third-order valence-electron chi connectivity index (χ3n) is 5.59. The SMILES string of the molecule is COc1ccc([C@@H]2CN(C(=O)c3ccccn3)C[C@H]2c2cc(=O)[nH]c(C)n2)cc1OC. The molecule has 3 heterocycles. The number of nitrogens with one attached hydrogen (secondary N) is 1. The predicted molar refractivity (Wildman–Crippen MR) is 115 cm³/mol. The summed E-state index contributed by atoms with van der Waals surface area (Å²) in [4.78, 5) is 38.4. The van der Waals surface area contributed by atoms with Crippen LogP contribution in [-0.4, -0.2) is 53.1 Å². The molecule has 1 amide bonds. The number of amides is 1. The number of methoxy groups -OCH3 is 2. The van der Waals surface area contributed by atoms with Gasteiger partial charge in [-0.15, -0.1) is 0 Å². The van der Waals surface area contributed by atoms with E-state index in [2.05, 4.69) is 15.0 Å². The molecule has 160 valence electrons. The van der Waals surface area contributed by atoms with E-state index < -0.39 is 0 Å². The topological polar surface area (TPSA) is 97.4 Å². The third-order valence-corrected chi connectivity index (χ3v) is 5.59. The molecule has 3 aromatic rings. The molecule has 2 aromatic heterocycles. The predicted octanol–water partition coefficient (Wildman–Crippen LogP) is 2.51. The Balaban J connectivity index is 1.74. The lowest BCUT2D eigenvalue weighted by Crippen LogP contribution is -2.29. The van der Waals surface area contributed by atoms with E-state index in [1.807, 2.05) is 18.2 Å². The minimum absolute atomic E-state index is 0.0684. The van der Waals surface area contributed by atoms with Crippen molar-refractivity contribution in [2.75, 3.05) is 27.3 Å². The van der Waals surface area contributed by atoms with Crippen LogP contribution in [0.1, 0.15) is 39.4 Å². The third kappa shape index (κ3) is 4.14. The van der Waals surface area contributed by atoms with Crippen molar-refractivity contribution in [3.05, 3.63) is 81.8 Å². The number of rotatable bonds is 5. The van der Waals surface area contributed by atoms with Crippen LogP contribution in [0.15, 0.2) is 53.5 Å². The second-order valence-electron chi connectivity index (χ2n) is 7.51. The van der Waals surface area contributed by atoms with Crippen molar-refractivity contribution in [3.63, 3.8) is 0 Å². The summed E-state index contributed by atoms with van der Waals surface area (Å²) in [6.07, 6.45) is 1.61. The van der Waals surface area contributed by atoms with Gasteiger partial charge in [-0.25, -0.2) is 4.98 Å². The van der Waals surface area contributed by atoms with Crippen molar-refractivity contribution < 1.29 is 14.3 Å². The standard InChI is InChI=1S/C23H24N4O4/c1-14-25-19(11-22(28)26-14)17-13-27(23(29)18-6-4-5-9-24-18)12-16(17)15-7-8-20(30-2)21(10-15)31-3/h4-11,16-17H,12-13H2,1-3H3,(H,25,26,28)/t16-,17+/m0/s1. The Morgan fingerprint density at radius 3 is 2.52 bits per heavy atom. The van der Waals surface area contributed by atoms with Crippen molar-refractivity contribution in [3.8, 4) is 11.5 Å². The van der Waals surface area contributed by atoms with Gasteiger partial charge in [-0.3, -0.25) is 14.6 Å². The summed E-state index contributed by atoms with van der Waals surface area (Å²) in [5, 5.41) is 0. The Kier molecular flexibility index (Phi) is 5.70. The summed E-state index contributed by atoms with van der Waals surface area (Å²) >= 11 is 0. The molecule has 8 heteroatoms. The molecule has 4 rings (SSSR count). The smallest absolute Gasteiger partial charge is 0.272 e. The summed E-state index contributed by atoms with van der Waals surface area (Å²) in [6, 6.07) is 12.5. The molecule has 0 radical (unpaired) electrons. The molecule has 2 atom stereocenters. The summed E-state index contributed by atoms with van der Waals surface area (Å²) in [5.74, 6) is 1.43. The number of benzene rings is 1. The average molecular weight is 420 g/mol. The Morgan fingerprint density at radius 1 is 1.06 bits per heavy atom. The van der Waals surface area contributed by atoms with Crippen LogP contribution in [0.5, 0.6) is 11.5 Å². The molecule has 1 saturated heterocycles. The van der Waals surface area contributed by atoms with E-state index in [1.165, 1.54) is 6.07 Å². The number of hydrogen-bond acceptors (Lipinski definition) is 6. The Labute approximate surface area is 179 Å². The Bertz CT molecular complexity index is 1150. The number of carbonyl (C=O) groups is 1. The van der Waals surface area contributed by atoms with E-state index >= 15 is 0 Å². The molecule has 1 aliphatic rings. The van der Waals surface area contributed by atoms with Crippen LogP contribution < -0.4 is 15.0 Å². The number of aromatic nitrogens is 3. The van der Waals surface area contributed by atoms with Gasteiger partial charge in [0.05, 0.1) is 19.9 Å². The number of H-pyrrole nitrogens is 1. The fraction of sp³-hybridized carbons (Fsp3) is 0.304. The molecule has 0 unspecified atom stereocenters. The molecule has 31 heavy (non-hydrogen) atoms. The van der Waals surface area contributed by atoms with Crippen LogP contribution >= 0.6 is 0 Å². The highest BCUT2D eigenvalue weighted by molar-refractivity contribution is 5.92. The molecule has 1 aliphatic heterocycles. The number of nitrogens with zero attached hydrogens (tertiary/aromatic N) is 3. The maximum absolute atomic E-state index is 13.1. The van der Waals surface area contributed by atoms with Gasteiger partial charge in [0.1, 0.15) is 11.5 Å². The zero-order chi connectivity index (χ0) is 22.0. The maximum atomic E-state index is 13.1. The molecule has 1 aromatic carbocycles. The van der Waals surface area contributed by atoms with Gasteiger partial charge in [-0.05, 0) is 36.8 Å². The summed E-state index contributed by atoms with van der Waals surface area (Å²) in [5.41, 5.74) is 1.84. The van der Waals surface area contributed by atoms with Gasteiger partial charge in [0.15, 0.2) is 11.5 Å². The number of ether oxygens (including phenoxy) is 2. The lowest BCUT2D eigenvalue weighted by molar-refractivity contribution is 0.0783. The Hall–Kier alpha value is -3.68. The van der Waals surface area contributed by atoms with Crippen LogP contribution in [0.25, 0.3) is 0 Å². The first kappa shape index (κ1) is 20.6. The number of hydrogen-bond donors (Lipinski definition) is 1. The van der Waals surface area contributed by atoms with E-state index in [1.54, 1.807) is 50.4 Å². The molecular formula is C23H24N4O4. The van der Waals surface area contributed by atoms with Crippen LogP contribution in [0, 0.1) is 6.92 Å². The monoisotopic (exact) mass is 420 g/mol. The molecule has 1 N–H and O–H groups in total. The average Bonchev–Trinajstić information content (AvgIpc) is 3.23. The number of likely N-dealkylation sites (tertiary alicyclic amines) is 1. The number of carbonyl (C=O) groups excluding carboxylic acids is 1. The molecule has 0 bridgehead atoms. The van der Waals surface area contributed by atoms with Gasteiger partial charge >= 0.3 is 0 Å². The number of aromatic amines is 1. The molecular weight excluding hydrogens is 396 g/mol. The molecule has 0 spiro atoms. The zero-order valence-electron chi connectivity index (χ0n) is 17.7. The van der Waals surface area contributed by atoms with E-state index in [9.17, 15) is 9.59 Å². The van der Waals surface area contributed by atoms with Crippen molar-refractivity contribution in [1.29, 1.82) is 0 Å². The van der Waals surface area contributed by atoms with E-state index in [-0.39, 0.29) is 23.3 Å². The van der Waals surface area contributed by atoms with Crippen LogP contribution in [-0.2, 0) is 0 Å². The van der Waals surface area contributed by atoms with Gasteiger partial charge in [-0.1, -0.05) is 12.1 Å². The Morgan fingerprint density at radius 2 is 1.84 bits per heavy atom. The van der Waals surface area contributed by atoms with Crippen LogP contribution in [0.3, 0.4) is 0 Å². The van der Waals surface area contributed by atoms with E-state index in [0.717, 1.165) is 5.56 Å². The lowest BCUT2D eigenvalue weighted by atomic mass is 9.86. The summed E-state index contributed by atoms with van der Waals surface area (Å²) < 4.78 is 10.8. The van der Waals surface area contributed by atoms with Crippen LogP contribution in [0.2, 0.25) is 0 Å². The van der Waals surface area contributed by atoms with Crippen molar-refractivity contribution in [2.45, 2.75) is 18.8 Å². The summed E-state index contributed by atoms with van der Waals surface area (Å²) in [6.45, 7) is 2.66. The van der Waals surface area contributed by atoms with Crippen molar-refractivity contribution >= 4 is 5.91 Å². The summed E-state index contributed by atoms with van der Waals surface area (Å²) in [7, 11) is 3.18. The first-order valence-electron chi connectivity index (χ1n) is 10.00. The van der Waals surface area contributed by atoms with Crippen LogP contribution in [0.4, 0.5) is 0 Å². The fourth-order valence-electron chi connectivity index (χ4n) is 4.13. The normalized spacial score (nSPS) is 18.1.